The molecule has 0 saturated carbocycles. The molecule has 2 rings (SSSR count). The number of benzene rings is 1. The van der Waals surface area contributed by atoms with Gasteiger partial charge in [0.25, 0.3) is 0 Å². The molecule has 2 nitrogen and oxygen atoms in total. The van der Waals surface area contributed by atoms with Gasteiger partial charge in [-0.1, -0.05) is 6.07 Å². The van der Waals surface area contributed by atoms with Gasteiger partial charge in [0.2, 0.25) is 0 Å². The molecule has 0 aliphatic heterocycles. The summed E-state index contributed by atoms with van der Waals surface area (Å²) in [5.74, 6) is -0.348. The molecule has 0 spiro atoms. The van der Waals surface area contributed by atoms with Crippen LogP contribution in [-0.4, -0.2) is 0 Å². The first-order chi connectivity index (χ1) is 7.16. The monoisotopic (exact) mass is 286 g/mol. The van der Waals surface area contributed by atoms with Crippen molar-refractivity contribution in [1.29, 1.82) is 0 Å². The molecule has 2 aromatic rings. The van der Waals surface area contributed by atoms with Crippen molar-refractivity contribution in [2.45, 2.75) is 0 Å². The van der Waals surface area contributed by atoms with Gasteiger partial charge in [-0.2, -0.15) is 0 Å². The number of nitrogen functional groups attached to an aromatic ring is 1. The molecule has 15 heavy (non-hydrogen) atoms. The van der Waals surface area contributed by atoms with Crippen LogP contribution in [0.25, 0.3) is 0 Å². The first-order valence-electron chi connectivity index (χ1n) is 4.23. The van der Waals surface area contributed by atoms with Crippen LogP contribution in [-0.2, 0) is 0 Å². The fourth-order valence-corrected chi connectivity index (χ4v) is 2.47. The quantitative estimate of drug-likeness (QED) is 0.820. The van der Waals surface area contributed by atoms with Crippen LogP contribution in [0.1, 0.15) is 0 Å². The van der Waals surface area contributed by atoms with Gasteiger partial charge in [0.15, 0.2) is 0 Å². The van der Waals surface area contributed by atoms with Crippen molar-refractivity contribution in [1.82, 2.24) is 0 Å². The Labute approximate surface area is 99.1 Å². The van der Waals surface area contributed by atoms with Crippen molar-refractivity contribution in [3.63, 3.8) is 0 Å². The van der Waals surface area contributed by atoms with Crippen molar-refractivity contribution in [3.8, 4) is 0 Å². The number of hydrogen-bond donors (Lipinski definition) is 2. The largest absolute Gasteiger partial charge is 0.397 e. The molecule has 0 amide bonds. The third kappa shape index (κ3) is 2.30. The Morgan fingerprint density at radius 2 is 2.07 bits per heavy atom. The normalized spacial score (nSPS) is 10.3. The highest BCUT2D eigenvalue weighted by atomic mass is 79.9. The maximum atomic E-state index is 13.4. The van der Waals surface area contributed by atoms with Crippen molar-refractivity contribution >= 4 is 43.6 Å². The highest BCUT2D eigenvalue weighted by molar-refractivity contribution is 9.11. The maximum absolute atomic E-state index is 13.4. The predicted octanol–water partition coefficient (Wildman–Crippen LogP) is 3.98. The lowest BCUT2D eigenvalue weighted by Crippen LogP contribution is -1.97. The van der Waals surface area contributed by atoms with Crippen LogP contribution >= 0.6 is 27.3 Å². The molecule has 1 aromatic carbocycles. The molecule has 0 saturated heterocycles. The summed E-state index contributed by atoms with van der Waals surface area (Å²) >= 11 is 4.82. The highest BCUT2D eigenvalue weighted by Crippen LogP contribution is 2.32. The van der Waals surface area contributed by atoms with Crippen LogP contribution in [0.2, 0.25) is 0 Å². The van der Waals surface area contributed by atoms with Crippen LogP contribution in [0.3, 0.4) is 0 Å². The van der Waals surface area contributed by atoms with Gasteiger partial charge in [-0.15, -0.1) is 11.3 Å². The molecule has 0 radical (unpaired) electrons. The zero-order valence-corrected chi connectivity index (χ0v) is 10.0. The lowest BCUT2D eigenvalue weighted by atomic mass is 10.2. The number of anilines is 3. The van der Waals surface area contributed by atoms with E-state index in [0.717, 1.165) is 8.79 Å². The Bertz CT molecular complexity index is 464. The first kappa shape index (κ1) is 10.4. The summed E-state index contributed by atoms with van der Waals surface area (Å²) < 4.78 is 14.4. The van der Waals surface area contributed by atoms with E-state index in [2.05, 4.69) is 21.2 Å². The third-order valence-electron chi connectivity index (χ3n) is 1.87. The Hall–Kier alpha value is -1.07. The molecule has 5 heteroatoms. The zero-order valence-electron chi connectivity index (χ0n) is 7.63. The topological polar surface area (TPSA) is 38.0 Å². The summed E-state index contributed by atoms with van der Waals surface area (Å²) in [6, 6.07) is 8.38. The molecule has 1 heterocycles. The summed E-state index contributed by atoms with van der Waals surface area (Å²) in [4.78, 5) is 0. The van der Waals surface area contributed by atoms with E-state index in [0.29, 0.717) is 11.4 Å². The minimum atomic E-state index is -0.348. The first-order valence-corrected chi connectivity index (χ1v) is 5.84. The molecule has 0 aliphatic carbocycles. The van der Waals surface area contributed by atoms with Crippen molar-refractivity contribution < 1.29 is 4.39 Å². The van der Waals surface area contributed by atoms with E-state index in [1.54, 1.807) is 12.1 Å². The summed E-state index contributed by atoms with van der Waals surface area (Å²) in [6.45, 7) is 0. The molecule has 1 aromatic heterocycles. The standard InChI is InChI=1S/C10H8BrFN2S/c11-8-4-5-9(15-8)14-10-6(12)2-1-3-7(10)13/h1-5,14H,13H2. The van der Waals surface area contributed by atoms with E-state index in [4.69, 9.17) is 5.73 Å². The van der Waals surface area contributed by atoms with Gasteiger partial charge in [0, 0.05) is 0 Å². The van der Waals surface area contributed by atoms with Gasteiger partial charge in [-0.3, -0.25) is 0 Å². The average Bonchev–Trinajstić information content (AvgIpc) is 2.58. The van der Waals surface area contributed by atoms with Crippen molar-refractivity contribution in [2.24, 2.45) is 0 Å². The molecular weight excluding hydrogens is 279 g/mol. The van der Waals surface area contributed by atoms with Crippen molar-refractivity contribution in [2.75, 3.05) is 11.1 Å². The lowest BCUT2D eigenvalue weighted by Gasteiger charge is -2.07. The number of nitrogens with one attached hydrogen (secondary N) is 1. The summed E-state index contributed by atoms with van der Waals surface area (Å²) in [7, 11) is 0. The zero-order chi connectivity index (χ0) is 10.8. The van der Waals surface area contributed by atoms with Gasteiger partial charge < -0.3 is 11.1 Å². The number of hydrogen-bond acceptors (Lipinski definition) is 3. The second kappa shape index (κ2) is 4.20. The van der Waals surface area contributed by atoms with E-state index in [1.807, 2.05) is 12.1 Å². The maximum Gasteiger partial charge on any atom is 0.148 e. The second-order valence-corrected chi connectivity index (χ2v) is 5.40. The molecular formula is C10H8BrFN2S. The Balaban J connectivity index is 2.31. The number of para-hydroxylation sites is 1. The average molecular weight is 287 g/mol. The molecule has 0 fully saturated rings. The second-order valence-electron chi connectivity index (χ2n) is 2.93. The minimum Gasteiger partial charge on any atom is -0.397 e. The molecule has 0 unspecified atom stereocenters. The summed E-state index contributed by atoms with van der Waals surface area (Å²) in [5, 5.41) is 3.80. The van der Waals surface area contributed by atoms with Crippen molar-refractivity contribution in [3.05, 3.63) is 39.9 Å². The molecule has 0 atom stereocenters. The molecule has 0 bridgehead atoms. The Kier molecular flexibility index (Phi) is 2.93. The fourth-order valence-electron chi connectivity index (χ4n) is 1.18. The molecule has 78 valence electrons. The van der Waals surface area contributed by atoms with Crippen LogP contribution in [0.5, 0.6) is 0 Å². The van der Waals surface area contributed by atoms with E-state index in [9.17, 15) is 4.39 Å². The number of rotatable bonds is 2. The van der Waals surface area contributed by atoms with E-state index < -0.39 is 0 Å². The predicted molar refractivity (Wildman–Crippen MR) is 66.1 cm³/mol. The van der Waals surface area contributed by atoms with Gasteiger partial charge in [0.1, 0.15) is 5.82 Å². The van der Waals surface area contributed by atoms with Gasteiger partial charge >= 0.3 is 0 Å². The third-order valence-corrected chi connectivity index (χ3v) is 3.41. The summed E-state index contributed by atoms with van der Waals surface area (Å²) in [6.07, 6.45) is 0. The minimum absolute atomic E-state index is 0.326. The molecule has 0 aliphatic rings. The van der Waals surface area contributed by atoms with Crippen LogP contribution in [0, 0.1) is 5.82 Å². The van der Waals surface area contributed by atoms with Crippen LogP contribution < -0.4 is 11.1 Å². The fraction of sp³-hybridized carbons (Fsp3) is 0. The number of thiophene rings is 1. The van der Waals surface area contributed by atoms with Gasteiger partial charge in [0.05, 0.1) is 20.2 Å². The highest BCUT2D eigenvalue weighted by Gasteiger charge is 2.06. The summed E-state index contributed by atoms with van der Waals surface area (Å²) in [5.41, 5.74) is 6.39. The Morgan fingerprint density at radius 1 is 1.27 bits per heavy atom. The van der Waals surface area contributed by atoms with Gasteiger partial charge in [-0.05, 0) is 40.2 Å². The van der Waals surface area contributed by atoms with E-state index in [-0.39, 0.29) is 5.82 Å². The Morgan fingerprint density at radius 3 is 2.67 bits per heavy atom. The SMILES string of the molecule is Nc1cccc(F)c1Nc1ccc(Br)s1. The smallest absolute Gasteiger partial charge is 0.148 e. The van der Waals surface area contributed by atoms with Gasteiger partial charge in [-0.25, -0.2) is 4.39 Å². The van der Waals surface area contributed by atoms with Crippen LogP contribution in [0.4, 0.5) is 20.8 Å². The number of halogens is 2. The van der Waals surface area contributed by atoms with E-state index >= 15 is 0 Å². The molecule has 3 N–H and O–H groups in total. The van der Waals surface area contributed by atoms with Crippen LogP contribution in [0.15, 0.2) is 34.1 Å². The van der Waals surface area contributed by atoms with E-state index in [1.165, 1.54) is 17.4 Å². The lowest BCUT2D eigenvalue weighted by molar-refractivity contribution is 0.632. The number of nitrogens with two attached hydrogens (primary N) is 1.